The second kappa shape index (κ2) is 4.66. The summed E-state index contributed by atoms with van der Waals surface area (Å²) in [6.45, 7) is 0.692. The number of rotatable bonds is 3. The van der Waals surface area contributed by atoms with Crippen LogP contribution in [0.4, 0.5) is 5.82 Å². The van der Waals surface area contributed by atoms with E-state index >= 15 is 0 Å². The molecule has 0 saturated heterocycles. The van der Waals surface area contributed by atoms with Crippen LogP contribution in [0.5, 0.6) is 0 Å². The molecule has 90 valence electrons. The molecule has 0 aliphatic heterocycles. The molecule has 3 rings (SSSR count). The average molecular weight is 259 g/mol. The molecule has 3 aromatic rings. The standard InChI is InChI=1S/C13H11ClN4/c14-11-3-1-2-10(8-11)9-15-12-5-7-18-13(17-12)4-6-16-18/h1-8H,9H2,(H,15,17). The van der Waals surface area contributed by atoms with Crippen molar-refractivity contribution in [1.82, 2.24) is 14.6 Å². The minimum Gasteiger partial charge on any atom is -0.366 e. The van der Waals surface area contributed by atoms with Gasteiger partial charge in [-0.1, -0.05) is 23.7 Å². The number of nitrogens with one attached hydrogen (secondary N) is 1. The molecule has 0 atom stereocenters. The number of benzene rings is 1. The van der Waals surface area contributed by atoms with Gasteiger partial charge in [-0.2, -0.15) is 5.10 Å². The minimum atomic E-state index is 0.692. The number of hydrogen-bond acceptors (Lipinski definition) is 3. The molecule has 0 radical (unpaired) electrons. The molecule has 0 spiro atoms. The van der Waals surface area contributed by atoms with Gasteiger partial charge in [-0.25, -0.2) is 9.50 Å². The maximum atomic E-state index is 5.94. The highest BCUT2D eigenvalue weighted by atomic mass is 35.5. The van der Waals surface area contributed by atoms with Crippen molar-refractivity contribution < 1.29 is 0 Å². The molecule has 5 heteroatoms. The lowest BCUT2D eigenvalue weighted by Gasteiger charge is -2.06. The van der Waals surface area contributed by atoms with Gasteiger partial charge in [0.25, 0.3) is 0 Å². The van der Waals surface area contributed by atoms with Crippen LogP contribution in [0, 0.1) is 0 Å². The summed E-state index contributed by atoms with van der Waals surface area (Å²) in [5.41, 5.74) is 1.95. The van der Waals surface area contributed by atoms with E-state index in [-0.39, 0.29) is 0 Å². The van der Waals surface area contributed by atoms with Crippen molar-refractivity contribution in [2.45, 2.75) is 6.54 Å². The Morgan fingerprint density at radius 3 is 3.06 bits per heavy atom. The summed E-state index contributed by atoms with van der Waals surface area (Å²) in [6, 6.07) is 11.5. The molecule has 0 aliphatic rings. The summed E-state index contributed by atoms with van der Waals surface area (Å²) in [4.78, 5) is 4.43. The predicted octanol–water partition coefficient (Wildman–Crippen LogP) is 2.99. The Kier molecular flexibility index (Phi) is 2.86. The zero-order valence-electron chi connectivity index (χ0n) is 9.55. The molecular formula is C13H11ClN4. The third kappa shape index (κ3) is 2.28. The first-order valence-electron chi connectivity index (χ1n) is 5.60. The number of hydrogen-bond donors (Lipinski definition) is 1. The minimum absolute atomic E-state index is 0.692. The van der Waals surface area contributed by atoms with Crippen LogP contribution >= 0.6 is 11.6 Å². The van der Waals surface area contributed by atoms with Gasteiger partial charge in [-0.05, 0) is 23.8 Å². The molecule has 0 amide bonds. The summed E-state index contributed by atoms with van der Waals surface area (Å²) >= 11 is 5.94. The van der Waals surface area contributed by atoms with E-state index in [9.17, 15) is 0 Å². The van der Waals surface area contributed by atoms with Crippen molar-refractivity contribution in [2.24, 2.45) is 0 Å². The van der Waals surface area contributed by atoms with Crippen LogP contribution in [0.2, 0.25) is 5.02 Å². The largest absolute Gasteiger partial charge is 0.366 e. The van der Waals surface area contributed by atoms with Gasteiger partial charge in [0.05, 0.1) is 6.20 Å². The summed E-state index contributed by atoms with van der Waals surface area (Å²) in [6.07, 6.45) is 3.60. The molecule has 2 aromatic heterocycles. The van der Waals surface area contributed by atoms with E-state index in [1.165, 1.54) is 0 Å². The van der Waals surface area contributed by atoms with Gasteiger partial charge in [-0.3, -0.25) is 0 Å². The van der Waals surface area contributed by atoms with E-state index in [4.69, 9.17) is 11.6 Å². The Morgan fingerprint density at radius 1 is 1.22 bits per heavy atom. The first kappa shape index (κ1) is 11.0. The lowest BCUT2D eigenvalue weighted by molar-refractivity contribution is 0.936. The van der Waals surface area contributed by atoms with Crippen LogP contribution in [-0.4, -0.2) is 14.6 Å². The number of fused-ring (bicyclic) bond motifs is 1. The van der Waals surface area contributed by atoms with Crippen LogP contribution in [0.25, 0.3) is 5.65 Å². The molecule has 0 fully saturated rings. The number of nitrogens with zero attached hydrogens (tertiary/aromatic N) is 3. The summed E-state index contributed by atoms with van der Waals surface area (Å²) in [7, 11) is 0. The topological polar surface area (TPSA) is 42.2 Å². The molecule has 0 unspecified atom stereocenters. The number of anilines is 1. The van der Waals surface area contributed by atoms with Crippen LogP contribution in [0.15, 0.2) is 48.8 Å². The second-order valence-electron chi connectivity index (χ2n) is 3.93. The van der Waals surface area contributed by atoms with Gasteiger partial charge < -0.3 is 5.32 Å². The molecule has 1 aromatic carbocycles. The van der Waals surface area contributed by atoms with Gasteiger partial charge >= 0.3 is 0 Å². The molecule has 1 N–H and O–H groups in total. The lowest BCUT2D eigenvalue weighted by atomic mass is 10.2. The van der Waals surface area contributed by atoms with Crippen molar-refractivity contribution in [3.63, 3.8) is 0 Å². The lowest BCUT2D eigenvalue weighted by Crippen LogP contribution is -2.02. The van der Waals surface area contributed by atoms with Gasteiger partial charge in [0.2, 0.25) is 0 Å². The van der Waals surface area contributed by atoms with E-state index in [1.54, 1.807) is 10.7 Å². The third-order valence-corrected chi connectivity index (χ3v) is 2.86. The van der Waals surface area contributed by atoms with Crippen molar-refractivity contribution in [1.29, 1.82) is 0 Å². The normalized spacial score (nSPS) is 10.7. The van der Waals surface area contributed by atoms with Crippen LogP contribution in [0.3, 0.4) is 0 Å². The summed E-state index contributed by atoms with van der Waals surface area (Å²) in [5, 5.41) is 8.10. The number of halogens is 1. The van der Waals surface area contributed by atoms with E-state index in [0.717, 1.165) is 22.1 Å². The molecule has 2 heterocycles. The smallest absolute Gasteiger partial charge is 0.157 e. The van der Waals surface area contributed by atoms with E-state index in [0.29, 0.717) is 6.54 Å². The van der Waals surface area contributed by atoms with Crippen molar-refractivity contribution in [2.75, 3.05) is 5.32 Å². The Morgan fingerprint density at radius 2 is 2.17 bits per heavy atom. The molecule has 0 aliphatic carbocycles. The van der Waals surface area contributed by atoms with E-state index in [1.807, 2.05) is 42.6 Å². The van der Waals surface area contributed by atoms with Crippen molar-refractivity contribution >= 4 is 23.1 Å². The van der Waals surface area contributed by atoms with E-state index in [2.05, 4.69) is 15.4 Å². The maximum absolute atomic E-state index is 5.94. The summed E-state index contributed by atoms with van der Waals surface area (Å²) in [5.74, 6) is 0.822. The monoisotopic (exact) mass is 258 g/mol. The zero-order chi connectivity index (χ0) is 12.4. The van der Waals surface area contributed by atoms with E-state index < -0.39 is 0 Å². The third-order valence-electron chi connectivity index (χ3n) is 2.62. The zero-order valence-corrected chi connectivity index (χ0v) is 10.3. The second-order valence-corrected chi connectivity index (χ2v) is 4.37. The first-order valence-corrected chi connectivity index (χ1v) is 5.98. The summed E-state index contributed by atoms with van der Waals surface area (Å²) < 4.78 is 1.73. The van der Waals surface area contributed by atoms with Crippen LogP contribution in [-0.2, 0) is 6.54 Å². The van der Waals surface area contributed by atoms with Gasteiger partial charge in [0.1, 0.15) is 5.82 Å². The molecule has 4 nitrogen and oxygen atoms in total. The highest BCUT2D eigenvalue weighted by Gasteiger charge is 1.99. The quantitative estimate of drug-likeness (QED) is 0.785. The van der Waals surface area contributed by atoms with Crippen molar-refractivity contribution in [3.8, 4) is 0 Å². The van der Waals surface area contributed by atoms with Gasteiger partial charge in [-0.15, -0.1) is 0 Å². The molecule has 0 saturated carbocycles. The Labute approximate surface area is 109 Å². The number of aromatic nitrogens is 3. The molecule has 18 heavy (non-hydrogen) atoms. The Balaban J connectivity index is 1.76. The molecule has 0 bridgehead atoms. The fourth-order valence-electron chi connectivity index (χ4n) is 1.75. The van der Waals surface area contributed by atoms with Crippen molar-refractivity contribution in [3.05, 3.63) is 59.4 Å². The highest BCUT2D eigenvalue weighted by molar-refractivity contribution is 6.30. The fraction of sp³-hybridized carbons (Fsp3) is 0.0769. The maximum Gasteiger partial charge on any atom is 0.157 e. The van der Waals surface area contributed by atoms with Crippen LogP contribution < -0.4 is 5.32 Å². The van der Waals surface area contributed by atoms with Gasteiger partial charge in [0, 0.05) is 23.8 Å². The average Bonchev–Trinajstić information content (AvgIpc) is 2.84. The Bertz CT molecular complexity index is 677. The van der Waals surface area contributed by atoms with Crippen LogP contribution in [0.1, 0.15) is 5.56 Å². The predicted molar refractivity (Wildman–Crippen MR) is 71.8 cm³/mol. The first-order chi connectivity index (χ1) is 8.81. The van der Waals surface area contributed by atoms with Gasteiger partial charge in [0.15, 0.2) is 5.65 Å². The fourth-order valence-corrected chi connectivity index (χ4v) is 1.96. The highest BCUT2D eigenvalue weighted by Crippen LogP contribution is 2.12. The SMILES string of the molecule is Clc1cccc(CNc2ccn3nccc3n2)c1. The Hall–Kier alpha value is -2.07. The molecular weight excluding hydrogens is 248 g/mol.